The molecule has 0 aromatic heterocycles. The SMILES string of the molecule is CCC[C@H](c1ccc(C(F)(F)F)cc1OC)N1CCNCC1. The first-order chi connectivity index (χ1) is 10.5. The second-order valence-corrected chi connectivity index (χ2v) is 5.54. The quantitative estimate of drug-likeness (QED) is 0.900. The molecule has 3 nitrogen and oxygen atoms in total. The predicted octanol–water partition coefficient (Wildman–Crippen LogP) is 3.46. The van der Waals surface area contributed by atoms with Crippen LogP contribution in [0.15, 0.2) is 18.2 Å². The van der Waals surface area contributed by atoms with E-state index in [1.165, 1.54) is 7.11 Å². The van der Waals surface area contributed by atoms with E-state index in [0.29, 0.717) is 5.75 Å². The van der Waals surface area contributed by atoms with Gasteiger partial charge in [0.05, 0.1) is 12.7 Å². The van der Waals surface area contributed by atoms with Gasteiger partial charge in [-0.1, -0.05) is 19.4 Å². The van der Waals surface area contributed by atoms with E-state index in [0.717, 1.165) is 56.7 Å². The molecule has 1 aliphatic rings. The van der Waals surface area contributed by atoms with E-state index in [2.05, 4.69) is 17.1 Å². The largest absolute Gasteiger partial charge is 0.496 e. The summed E-state index contributed by atoms with van der Waals surface area (Å²) in [6.07, 6.45) is -2.47. The van der Waals surface area contributed by atoms with E-state index in [9.17, 15) is 13.2 Å². The summed E-state index contributed by atoms with van der Waals surface area (Å²) in [4.78, 5) is 2.32. The lowest BCUT2D eigenvalue weighted by Gasteiger charge is -2.36. The topological polar surface area (TPSA) is 24.5 Å². The van der Waals surface area contributed by atoms with Crippen molar-refractivity contribution >= 4 is 0 Å². The molecule has 0 saturated carbocycles. The third-order valence-corrected chi connectivity index (χ3v) is 4.07. The summed E-state index contributed by atoms with van der Waals surface area (Å²) in [7, 11) is 1.43. The third kappa shape index (κ3) is 3.93. The van der Waals surface area contributed by atoms with Gasteiger partial charge in [-0.3, -0.25) is 4.90 Å². The van der Waals surface area contributed by atoms with Gasteiger partial charge >= 0.3 is 6.18 Å². The highest BCUT2D eigenvalue weighted by Gasteiger charge is 2.32. The van der Waals surface area contributed by atoms with Gasteiger partial charge in [-0.25, -0.2) is 0 Å². The highest BCUT2D eigenvalue weighted by Crippen LogP contribution is 2.38. The monoisotopic (exact) mass is 316 g/mol. The zero-order valence-corrected chi connectivity index (χ0v) is 13.0. The van der Waals surface area contributed by atoms with Gasteiger partial charge in [-0.2, -0.15) is 13.2 Å². The van der Waals surface area contributed by atoms with Crippen LogP contribution in [0.5, 0.6) is 5.75 Å². The van der Waals surface area contributed by atoms with Crippen LogP contribution < -0.4 is 10.1 Å². The van der Waals surface area contributed by atoms with Crippen LogP contribution in [0.2, 0.25) is 0 Å². The molecule has 0 radical (unpaired) electrons. The smallest absolute Gasteiger partial charge is 0.416 e. The minimum Gasteiger partial charge on any atom is -0.496 e. The summed E-state index contributed by atoms with van der Waals surface area (Å²) in [5, 5.41) is 3.30. The second-order valence-electron chi connectivity index (χ2n) is 5.54. The molecule has 1 atom stereocenters. The van der Waals surface area contributed by atoms with Crippen molar-refractivity contribution in [2.24, 2.45) is 0 Å². The molecule has 22 heavy (non-hydrogen) atoms. The van der Waals surface area contributed by atoms with Crippen LogP contribution in [0, 0.1) is 0 Å². The Kier molecular flexibility index (Phi) is 5.69. The van der Waals surface area contributed by atoms with Crippen LogP contribution in [0.1, 0.15) is 36.9 Å². The molecular formula is C16H23F3N2O. The molecule has 1 aromatic carbocycles. The average Bonchev–Trinajstić information content (AvgIpc) is 2.52. The Morgan fingerprint density at radius 3 is 2.50 bits per heavy atom. The normalized spacial score (nSPS) is 18.2. The second kappa shape index (κ2) is 7.33. The molecule has 0 bridgehead atoms. The Morgan fingerprint density at radius 1 is 1.27 bits per heavy atom. The van der Waals surface area contributed by atoms with E-state index in [1.807, 2.05) is 0 Å². The van der Waals surface area contributed by atoms with Crippen molar-refractivity contribution in [2.45, 2.75) is 32.0 Å². The van der Waals surface area contributed by atoms with Gasteiger partial charge in [0.2, 0.25) is 0 Å². The molecular weight excluding hydrogens is 293 g/mol. The number of halogens is 3. The Labute approximate surface area is 129 Å². The first kappa shape index (κ1) is 17.1. The molecule has 0 aliphatic carbocycles. The number of alkyl halides is 3. The van der Waals surface area contributed by atoms with Crippen molar-refractivity contribution in [1.82, 2.24) is 10.2 Å². The van der Waals surface area contributed by atoms with Gasteiger partial charge in [0.15, 0.2) is 0 Å². The number of hydrogen-bond donors (Lipinski definition) is 1. The average molecular weight is 316 g/mol. The van der Waals surface area contributed by atoms with Crippen molar-refractivity contribution in [3.8, 4) is 5.75 Å². The number of rotatable bonds is 5. The number of methoxy groups -OCH3 is 1. The molecule has 0 unspecified atom stereocenters. The molecule has 6 heteroatoms. The zero-order valence-electron chi connectivity index (χ0n) is 13.0. The standard InChI is InChI=1S/C16H23F3N2O/c1-3-4-14(21-9-7-20-8-10-21)13-6-5-12(16(17,18)19)11-15(13)22-2/h5-6,11,14,20H,3-4,7-10H2,1-2H3/t14-/m1/s1. The lowest BCUT2D eigenvalue weighted by Crippen LogP contribution is -2.45. The number of nitrogens with zero attached hydrogens (tertiary/aromatic N) is 1. The first-order valence-electron chi connectivity index (χ1n) is 7.67. The summed E-state index contributed by atoms with van der Waals surface area (Å²) >= 11 is 0. The minimum atomic E-state index is -4.35. The summed E-state index contributed by atoms with van der Waals surface area (Å²) in [6.45, 7) is 5.70. The molecule has 2 rings (SSSR count). The lowest BCUT2D eigenvalue weighted by atomic mass is 9.97. The molecule has 1 aliphatic heterocycles. The van der Waals surface area contributed by atoms with Crippen LogP contribution in [-0.4, -0.2) is 38.2 Å². The molecule has 124 valence electrons. The van der Waals surface area contributed by atoms with Gasteiger partial charge in [0, 0.05) is 37.8 Å². The van der Waals surface area contributed by atoms with Crippen LogP contribution in [0.3, 0.4) is 0 Å². The fourth-order valence-electron chi connectivity index (χ4n) is 2.96. The maximum Gasteiger partial charge on any atom is 0.416 e. The van der Waals surface area contributed by atoms with Crippen molar-refractivity contribution in [3.63, 3.8) is 0 Å². The van der Waals surface area contributed by atoms with Gasteiger partial charge in [-0.05, 0) is 18.6 Å². The van der Waals surface area contributed by atoms with Crippen molar-refractivity contribution in [1.29, 1.82) is 0 Å². The van der Waals surface area contributed by atoms with Crippen LogP contribution in [-0.2, 0) is 6.18 Å². The van der Waals surface area contributed by atoms with E-state index in [1.54, 1.807) is 6.07 Å². The highest BCUT2D eigenvalue weighted by molar-refractivity contribution is 5.40. The van der Waals surface area contributed by atoms with Gasteiger partial charge < -0.3 is 10.1 Å². The predicted molar refractivity (Wildman–Crippen MR) is 80.1 cm³/mol. The van der Waals surface area contributed by atoms with Crippen molar-refractivity contribution < 1.29 is 17.9 Å². The fourth-order valence-corrected chi connectivity index (χ4v) is 2.96. The maximum absolute atomic E-state index is 12.9. The first-order valence-corrected chi connectivity index (χ1v) is 7.67. The summed E-state index contributed by atoms with van der Waals surface area (Å²) in [5.74, 6) is 0.326. The van der Waals surface area contributed by atoms with E-state index in [4.69, 9.17) is 4.74 Å². The third-order valence-electron chi connectivity index (χ3n) is 4.07. The van der Waals surface area contributed by atoms with Crippen LogP contribution >= 0.6 is 0 Å². The Morgan fingerprint density at radius 2 is 1.95 bits per heavy atom. The minimum absolute atomic E-state index is 0.101. The number of piperazine rings is 1. The van der Waals surface area contributed by atoms with E-state index < -0.39 is 11.7 Å². The zero-order chi connectivity index (χ0) is 16.2. The van der Waals surface area contributed by atoms with E-state index >= 15 is 0 Å². The Bertz CT molecular complexity index is 485. The van der Waals surface area contributed by atoms with Gasteiger partial charge in [-0.15, -0.1) is 0 Å². The molecule has 0 spiro atoms. The number of nitrogens with one attached hydrogen (secondary N) is 1. The number of hydrogen-bond acceptors (Lipinski definition) is 3. The van der Waals surface area contributed by atoms with Crippen molar-refractivity contribution in [2.75, 3.05) is 33.3 Å². The number of benzene rings is 1. The lowest BCUT2D eigenvalue weighted by molar-refractivity contribution is -0.137. The number of ether oxygens (including phenoxy) is 1. The van der Waals surface area contributed by atoms with Crippen molar-refractivity contribution in [3.05, 3.63) is 29.3 Å². The summed E-state index contributed by atoms with van der Waals surface area (Å²) in [5.41, 5.74) is 0.183. The van der Waals surface area contributed by atoms with Crippen LogP contribution in [0.25, 0.3) is 0 Å². The van der Waals surface area contributed by atoms with Gasteiger partial charge in [0.25, 0.3) is 0 Å². The maximum atomic E-state index is 12.9. The molecule has 1 aromatic rings. The molecule has 0 amide bonds. The molecule has 1 heterocycles. The summed E-state index contributed by atoms with van der Waals surface area (Å²) < 4.78 is 43.9. The van der Waals surface area contributed by atoms with Crippen LogP contribution in [0.4, 0.5) is 13.2 Å². The van der Waals surface area contributed by atoms with Gasteiger partial charge in [0.1, 0.15) is 5.75 Å². The molecule has 1 N–H and O–H groups in total. The molecule has 1 saturated heterocycles. The summed E-state index contributed by atoms with van der Waals surface area (Å²) in [6, 6.07) is 3.94. The fraction of sp³-hybridized carbons (Fsp3) is 0.625. The van der Waals surface area contributed by atoms with E-state index in [-0.39, 0.29) is 6.04 Å². The molecule has 1 fully saturated rings. The Hall–Kier alpha value is -1.27. The highest BCUT2D eigenvalue weighted by atomic mass is 19.4. The Balaban J connectivity index is 2.33.